The van der Waals surface area contributed by atoms with E-state index in [-0.39, 0.29) is 10.5 Å². The molecule has 1 amide bonds. The number of nitrogens with two attached hydrogens (primary N) is 1. The Balaban J connectivity index is 1.76. The molecule has 2 heterocycles. The van der Waals surface area contributed by atoms with E-state index in [1.54, 1.807) is 37.3 Å². The van der Waals surface area contributed by atoms with E-state index in [2.05, 4.69) is 10.3 Å². The number of hydrogen-bond donors (Lipinski definition) is 3. The number of rotatable bonds is 5. The molecule has 0 fully saturated rings. The van der Waals surface area contributed by atoms with E-state index in [9.17, 15) is 18.0 Å². The van der Waals surface area contributed by atoms with Gasteiger partial charge in [-0.3, -0.25) is 9.59 Å². The normalized spacial score (nSPS) is 12.5. The summed E-state index contributed by atoms with van der Waals surface area (Å²) in [6, 6.07) is 11.8. The lowest BCUT2D eigenvalue weighted by atomic mass is 10.1. The summed E-state index contributed by atoms with van der Waals surface area (Å²) < 4.78 is 27.8. The van der Waals surface area contributed by atoms with Gasteiger partial charge < -0.3 is 14.7 Å². The average Bonchev–Trinajstić information content (AvgIpc) is 3.15. The van der Waals surface area contributed by atoms with Crippen molar-refractivity contribution in [3.63, 3.8) is 0 Å². The van der Waals surface area contributed by atoms with Crippen molar-refractivity contribution in [2.24, 2.45) is 5.14 Å². The third-order valence-electron chi connectivity index (χ3n) is 4.00. The van der Waals surface area contributed by atoms with Crippen LogP contribution in [0.4, 0.5) is 0 Å². The van der Waals surface area contributed by atoms with E-state index >= 15 is 0 Å². The van der Waals surface area contributed by atoms with Gasteiger partial charge in [0.1, 0.15) is 11.3 Å². The number of carbonyl (C=O) groups excluding carboxylic acids is 1. The van der Waals surface area contributed by atoms with Crippen molar-refractivity contribution >= 4 is 15.9 Å². The van der Waals surface area contributed by atoms with E-state index in [0.717, 1.165) is 0 Å². The zero-order valence-electron chi connectivity index (χ0n) is 14.3. The fourth-order valence-corrected chi connectivity index (χ4v) is 3.05. The summed E-state index contributed by atoms with van der Waals surface area (Å²) in [6.07, 6.45) is 1.48. The maximum atomic E-state index is 12.4. The summed E-state index contributed by atoms with van der Waals surface area (Å²) in [5.41, 5.74) is 0.545. The molecule has 2 aromatic heterocycles. The summed E-state index contributed by atoms with van der Waals surface area (Å²) in [5, 5.41) is 7.76. The second kappa shape index (κ2) is 7.22. The van der Waals surface area contributed by atoms with Crippen molar-refractivity contribution in [2.45, 2.75) is 17.9 Å². The number of H-pyrrole nitrogens is 1. The number of benzene rings is 1. The molecule has 4 N–H and O–H groups in total. The van der Waals surface area contributed by atoms with Crippen LogP contribution in [-0.4, -0.2) is 19.3 Å². The first-order chi connectivity index (χ1) is 12.8. The SMILES string of the molecule is CC(NC(=O)c1ccc(-c2ccco2)[nH]c1=O)c1ccc(S(N)(=O)=O)cc1. The molecular formula is C18H17N3O5S. The zero-order valence-corrected chi connectivity index (χ0v) is 15.1. The first-order valence-corrected chi connectivity index (χ1v) is 9.51. The Labute approximate surface area is 155 Å². The number of nitrogens with one attached hydrogen (secondary N) is 2. The number of amides is 1. The number of aromatic nitrogens is 1. The van der Waals surface area contributed by atoms with Gasteiger partial charge >= 0.3 is 0 Å². The van der Waals surface area contributed by atoms with E-state index in [4.69, 9.17) is 9.56 Å². The second-order valence-electron chi connectivity index (χ2n) is 5.90. The Morgan fingerprint density at radius 3 is 2.41 bits per heavy atom. The van der Waals surface area contributed by atoms with E-state index in [1.165, 1.54) is 24.5 Å². The number of hydrogen-bond acceptors (Lipinski definition) is 5. The van der Waals surface area contributed by atoms with Crippen molar-refractivity contribution in [2.75, 3.05) is 0 Å². The number of sulfonamides is 1. The van der Waals surface area contributed by atoms with Crippen LogP contribution in [0.2, 0.25) is 0 Å². The highest BCUT2D eigenvalue weighted by Gasteiger charge is 2.16. The maximum Gasteiger partial charge on any atom is 0.261 e. The number of primary sulfonamides is 1. The van der Waals surface area contributed by atoms with E-state index in [0.29, 0.717) is 17.0 Å². The molecule has 0 aliphatic heterocycles. The quantitative estimate of drug-likeness (QED) is 0.613. The van der Waals surface area contributed by atoms with Crippen molar-refractivity contribution in [3.05, 3.63) is 76.3 Å². The molecule has 3 aromatic rings. The van der Waals surface area contributed by atoms with Crippen molar-refractivity contribution in [1.82, 2.24) is 10.3 Å². The Morgan fingerprint density at radius 1 is 1.15 bits per heavy atom. The van der Waals surface area contributed by atoms with Gasteiger partial charge in [0.25, 0.3) is 11.5 Å². The molecule has 0 spiro atoms. The lowest BCUT2D eigenvalue weighted by Crippen LogP contribution is -2.31. The van der Waals surface area contributed by atoms with Gasteiger partial charge in [-0.2, -0.15) is 0 Å². The maximum absolute atomic E-state index is 12.4. The molecule has 0 radical (unpaired) electrons. The molecule has 9 heteroatoms. The summed E-state index contributed by atoms with van der Waals surface area (Å²) in [6.45, 7) is 1.72. The van der Waals surface area contributed by atoms with E-state index < -0.39 is 27.5 Å². The first-order valence-electron chi connectivity index (χ1n) is 7.96. The third kappa shape index (κ3) is 4.15. The van der Waals surface area contributed by atoms with Gasteiger partial charge in [0.15, 0.2) is 0 Å². The lowest BCUT2D eigenvalue weighted by molar-refractivity contribution is 0.0938. The molecule has 140 valence electrons. The number of furan rings is 1. The Hall–Kier alpha value is -3.17. The molecule has 0 aliphatic carbocycles. The van der Waals surface area contributed by atoms with Gasteiger partial charge in [0.05, 0.1) is 22.9 Å². The van der Waals surface area contributed by atoms with Gasteiger partial charge in [-0.05, 0) is 48.9 Å². The van der Waals surface area contributed by atoms with Gasteiger partial charge in [-0.15, -0.1) is 0 Å². The van der Waals surface area contributed by atoms with Crippen LogP contribution in [0.1, 0.15) is 28.9 Å². The lowest BCUT2D eigenvalue weighted by Gasteiger charge is -2.14. The molecule has 1 unspecified atom stereocenters. The number of aromatic amines is 1. The molecule has 3 rings (SSSR count). The van der Waals surface area contributed by atoms with Crippen LogP contribution in [0.5, 0.6) is 0 Å². The fraction of sp³-hybridized carbons (Fsp3) is 0.111. The molecule has 0 saturated carbocycles. The summed E-state index contributed by atoms with van der Waals surface area (Å²) in [5.74, 6) is -0.0624. The number of pyridine rings is 1. The van der Waals surface area contributed by atoms with Crippen LogP contribution in [0, 0.1) is 0 Å². The predicted molar refractivity (Wildman–Crippen MR) is 98.5 cm³/mol. The highest BCUT2D eigenvalue weighted by Crippen LogP contribution is 2.17. The summed E-state index contributed by atoms with van der Waals surface area (Å²) >= 11 is 0. The summed E-state index contributed by atoms with van der Waals surface area (Å²) in [7, 11) is -3.78. The van der Waals surface area contributed by atoms with Crippen LogP contribution in [0.3, 0.4) is 0 Å². The Bertz CT molecular complexity index is 1120. The largest absolute Gasteiger partial charge is 0.463 e. The molecule has 27 heavy (non-hydrogen) atoms. The molecule has 0 bridgehead atoms. The molecule has 8 nitrogen and oxygen atoms in total. The topological polar surface area (TPSA) is 135 Å². The minimum absolute atomic E-state index is 0.0188. The Kier molecular flexibility index (Phi) is 4.98. The van der Waals surface area contributed by atoms with Gasteiger partial charge in [-0.25, -0.2) is 13.6 Å². The zero-order chi connectivity index (χ0) is 19.6. The second-order valence-corrected chi connectivity index (χ2v) is 7.46. The standard InChI is InChI=1S/C18H17N3O5S/c1-11(12-4-6-13(7-5-12)27(19,24)25)20-17(22)14-8-9-15(21-18(14)23)16-3-2-10-26-16/h2-11H,1H3,(H,20,22)(H,21,23)(H2,19,24,25). The van der Waals surface area contributed by atoms with Crippen LogP contribution in [0.15, 0.2) is 68.9 Å². The molecule has 0 saturated heterocycles. The molecule has 1 atom stereocenters. The fourth-order valence-electron chi connectivity index (χ4n) is 2.53. The van der Waals surface area contributed by atoms with E-state index in [1.807, 2.05) is 0 Å². The predicted octanol–water partition coefficient (Wildman–Crippen LogP) is 1.77. The van der Waals surface area contributed by atoms with Crippen LogP contribution >= 0.6 is 0 Å². The average molecular weight is 387 g/mol. The monoisotopic (exact) mass is 387 g/mol. The van der Waals surface area contributed by atoms with Crippen molar-refractivity contribution < 1.29 is 17.6 Å². The molecule has 0 aliphatic rings. The van der Waals surface area contributed by atoms with Crippen LogP contribution in [0.25, 0.3) is 11.5 Å². The number of carbonyl (C=O) groups is 1. The van der Waals surface area contributed by atoms with Crippen LogP contribution in [-0.2, 0) is 10.0 Å². The first kappa shape index (κ1) is 18.6. The van der Waals surface area contributed by atoms with Crippen LogP contribution < -0.4 is 16.0 Å². The minimum Gasteiger partial charge on any atom is -0.463 e. The highest BCUT2D eigenvalue weighted by atomic mass is 32.2. The third-order valence-corrected chi connectivity index (χ3v) is 4.93. The summed E-state index contributed by atoms with van der Waals surface area (Å²) in [4.78, 5) is 27.2. The molecule has 1 aromatic carbocycles. The van der Waals surface area contributed by atoms with Gasteiger partial charge in [0, 0.05) is 0 Å². The Morgan fingerprint density at radius 2 is 1.85 bits per heavy atom. The van der Waals surface area contributed by atoms with Crippen molar-refractivity contribution in [1.29, 1.82) is 0 Å². The smallest absolute Gasteiger partial charge is 0.261 e. The van der Waals surface area contributed by atoms with Crippen molar-refractivity contribution in [3.8, 4) is 11.5 Å². The molecular weight excluding hydrogens is 370 g/mol. The highest BCUT2D eigenvalue weighted by molar-refractivity contribution is 7.89. The van der Waals surface area contributed by atoms with Gasteiger partial charge in [-0.1, -0.05) is 12.1 Å². The van der Waals surface area contributed by atoms with Gasteiger partial charge in [0.2, 0.25) is 10.0 Å². The minimum atomic E-state index is -3.78.